The van der Waals surface area contributed by atoms with Gasteiger partial charge >= 0.3 is 12.1 Å². The number of carboxylic acid groups (broad SMARTS) is 1. The SMILES string of the molecule is C=CCOC(=O)N1CC2(C(=O)O)CC1C2. The maximum absolute atomic E-state index is 11.5. The lowest BCUT2D eigenvalue weighted by molar-refractivity contribution is -0.150. The molecule has 3 rings (SSSR count). The van der Waals surface area contributed by atoms with Crippen LogP contribution in [0.1, 0.15) is 12.8 Å². The quantitative estimate of drug-likeness (QED) is 0.703. The van der Waals surface area contributed by atoms with E-state index in [4.69, 9.17) is 9.84 Å². The Bertz CT molecular complexity index is 319. The number of ether oxygens (including phenoxy) is 1. The van der Waals surface area contributed by atoms with Gasteiger partial charge in [0.05, 0.1) is 5.41 Å². The molecule has 5 nitrogen and oxygen atoms in total. The fourth-order valence-electron chi connectivity index (χ4n) is 2.32. The molecule has 2 heterocycles. The molecule has 2 bridgehead atoms. The third-order valence-electron chi connectivity index (χ3n) is 3.18. The maximum atomic E-state index is 11.5. The molecule has 15 heavy (non-hydrogen) atoms. The summed E-state index contributed by atoms with van der Waals surface area (Å²) in [4.78, 5) is 23.9. The Kier molecular flexibility index (Phi) is 2.17. The molecular formula is C10H13NO4. The monoisotopic (exact) mass is 211 g/mol. The van der Waals surface area contributed by atoms with Gasteiger partial charge in [0.1, 0.15) is 6.61 Å². The number of fused-ring (bicyclic) bond motifs is 1. The highest BCUT2D eigenvalue weighted by molar-refractivity contribution is 5.80. The van der Waals surface area contributed by atoms with Crippen LogP contribution in [0.3, 0.4) is 0 Å². The van der Waals surface area contributed by atoms with Gasteiger partial charge in [-0.05, 0) is 12.8 Å². The van der Waals surface area contributed by atoms with E-state index in [9.17, 15) is 9.59 Å². The van der Waals surface area contributed by atoms with Crippen molar-refractivity contribution in [2.75, 3.05) is 13.2 Å². The number of amides is 1. The second kappa shape index (κ2) is 3.25. The number of hydrogen-bond donors (Lipinski definition) is 1. The first-order valence-electron chi connectivity index (χ1n) is 4.87. The van der Waals surface area contributed by atoms with E-state index in [2.05, 4.69) is 6.58 Å². The predicted octanol–water partition coefficient (Wildman–Crippen LogP) is 0.858. The summed E-state index contributed by atoms with van der Waals surface area (Å²) in [7, 11) is 0. The lowest BCUT2D eigenvalue weighted by atomic mass is 9.70. The smallest absolute Gasteiger partial charge is 0.410 e. The molecule has 1 N–H and O–H groups in total. The molecule has 0 radical (unpaired) electrons. The molecule has 2 aliphatic heterocycles. The van der Waals surface area contributed by atoms with E-state index in [0.29, 0.717) is 12.8 Å². The average molecular weight is 211 g/mol. The molecule has 0 aromatic carbocycles. The minimum Gasteiger partial charge on any atom is -0.481 e. The van der Waals surface area contributed by atoms with Crippen LogP contribution in [0, 0.1) is 5.41 Å². The molecule has 0 atom stereocenters. The molecular weight excluding hydrogens is 198 g/mol. The Morgan fingerprint density at radius 1 is 1.60 bits per heavy atom. The summed E-state index contributed by atoms with van der Waals surface area (Å²) in [5.74, 6) is -0.808. The number of carboxylic acids is 1. The molecule has 1 saturated carbocycles. The fraction of sp³-hybridized carbons (Fsp3) is 0.600. The number of carbonyl (C=O) groups is 2. The van der Waals surface area contributed by atoms with Gasteiger partial charge in [0.15, 0.2) is 0 Å². The van der Waals surface area contributed by atoms with Gasteiger partial charge in [-0.3, -0.25) is 4.79 Å². The minimum absolute atomic E-state index is 0.0541. The highest BCUT2D eigenvalue weighted by Crippen LogP contribution is 2.51. The van der Waals surface area contributed by atoms with E-state index in [1.165, 1.54) is 11.0 Å². The van der Waals surface area contributed by atoms with Gasteiger partial charge in [0.2, 0.25) is 0 Å². The van der Waals surface area contributed by atoms with Crippen LogP contribution in [0.25, 0.3) is 0 Å². The third-order valence-corrected chi connectivity index (χ3v) is 3.18. The summed E-state index contributed by atoms with van der Waals surface area (Å²) >= 11 is 0. The molecule has 1 aliphatic carbocycles. The van der Waals surface area contributed by atoms with Crippen LogP contribution in [-0.2, 0) is 9.53 Å². The van der Waals surface area contributed by atoms with Gasteiger partial charge in [-0.25, -0.2) is 4.79 Å². The predicted molar refractivity (Wildman–Crippen MR) is 51.3 cm³/mol. The van der Waals surface area contributed by atoms with Crippen molar-refractivity contribution in [2.24, 2.45) is 5.41 Å². The average Bonchev–Trinajstić information content (AvgIpc) is 2.68. The summed E-state index contributed by atoms with van der Waals surface area (Å²) < 4.78 is 4.87. The highest BCUT2D eigenvalue weighted by Gasteiger charge is 2.61. The lowest BCUT2D eigenvalue weighted by Gasteiger charge is -2.32. The number of nitrogens with zero attached hydrogens (tertiary/aromatic N) is 1. The number of aliphatic carboxylic acids is 1. The Balaban J connectivity index is 1.96. The van der Waals surface area contributed by atoms with E-state index < -0.39 is 17.5 Å². The van der Waals surface area contributed by atoms with E-state index in [1.807, 2.05) is 0 Å². The van der Waals surface area contributed by atoms with Crippen molar-refractivity contribution >= 4 is 12.1 Å². The Hall–Kier alpha value is -1.52. The molecule has 0 spiro atoms. The van der Waals surface area contributed by atoms with Crippen molar-refractivity contribution in [1.82, 2.24) is 4.90 Å². The Morgan fingerprint density at radius 3 is 2.73 bits per heavy atom. The van der Waals surface area contributed by atoms with Crippen LogP contribution in [0.2, 0.25) is 0 Å². The summed E-state index contributed by atoms with van der Waals surface area (Å²) in [5, 5.41) is 8.99. The van der Waals surface area contributed by atoms with E-state index in [1.54, 1.807) is 0 Å². The first-order chi connectivity index (χ1) is 7.09. The van der Waals surface area contributed by atoms with Crippen LogP contribution >= 0.6 is 0 Å². The number of rotatable bonds is 3. The van der Waals surface area contributed by atoms with E-state index in [-0.39, 0.29) is 19.2 Å². The largest absolute Gasteiger partial charge is 0.481 e. The Labute approximate surface area is 87.3 Å². The zero-order valence-electron chi connectivity index (χ0n) is 8.31. The first-order valence-corrected chi connectivity index (χ1v) is 4.87. The van der Waals surface area contributed by atoms with Crippen molar-refractivity contribution in [2.45, 2.75) is 18.9 Å². The highest BCUT2D eigenvalue weighted by atomic mass is 16.6. The summed E-state index contributed by atoms with van der Waals surface area (Å²) in [6.07, 6.45) is 2.18. The first kappa shape index (κ1) is 10.0. The van der Waals surface area contributed by atoms with Crippen LogP contribution in [-0.4, -0.2) is 41.3 Å². The normalized spacial score (nSPS) is 32.0. The third kappa shape index (κ3) is 1.38. The van der Waals surface area contributed by atoms with Crippen LogP contribution in [0.5, 0.6) is 0 Å². The van der Waals surface area contributed by atoms with Gasteiger partial charge in [0, 0.05) is 12.6 Å². The standard InChI is InChI=1S/C10H13NO4/c1-2-3-15-9(14)11-6-10(8(12)13)4-7(11)5-10/h2,7H,1,3-6H2,(H,12,13). The van der Waals surface area contributed by atoms with Crippen molar-refractivity contribution in [3.05, 3.63) is 12.7 Å². The van der Waals surface area contributed by atoms with Gasteiger partial charge in [0.25, 0.3) is 0 Å². The molecule has 1 amide bonds. The lowest BCUT2D eigenvalue weighted by Crippen LogP contribution is -2.41. The summed E-state index contributed by atoms with van der Waals surface area (Å²) in [6.45, 7) is 3.89. The molecule has 5 heteroatoms. The van der Waals surface area contributed by atoms with E-state index in [0.717, 1.165) is 0 Å². The molecule has 82 valence electrons. The molecule has 3 aliphatic rings. The summed E-state index contributed by atoms with van der Waals surface area (Å²) in [5.41, 5.74) is -0.697. The van der Waals surface area contributed by atoms with Gasteiger partial charge in [-0.2, -0.15) is 0 Å². The van der Waals surface area contributed by atoms with Crippen LogP contribution < -0.4 is 0 Å². The van der Waals surface area contributed by atoms with Gasteiger partial charge in [-0.15, -0.1) is 0 Å². The molecule has 3 fully saturated rings. The molecule has 0 aromatic heterocycles. The van der Waals surface area contributed by atoms with Crippen molar-refractivity contribution in [3.63, 3.8) is 0 Å². The molecule has 0 aromatic rings. The van der Waals surface area contributed by atoms with Crippen LogP contribution in [0.15, 0.2) is 12.7 Å². The zero-order valence-corrected chi connectivity index (χ0v) is 8.31. The van der Waals surface area contributed by atoms with Crippen LogP contribution in [0.4, 0.5) is 4.79 Å². The second-order valence-corrected chi connectivity index (χ2v) is 4.14. The van der Waals surface area contributed by atoms with Gasteiger partial charge in [-0.1, -0.05) is 12.7 Å². The maximum Gasteiger partial charge on any atom is 0.410 e. The van der Waals surface area contributed by atoms with Crippen molar-refractivity contribution in [3.8, 4) is 0 Å². The van der Waals surface area contributed by atoms with Crippen molar-refractivity contribution in [1.29, 1.82) is 0 Å². The van der Waals surface area contributed by atoms with E-state index >= 15 is 0 Å². The van der Waals surface area contributed by atoms with Gasteiger partial charge < -0.3 is 14.7 Å². The zero-order chi connectivity index (χ0) is 11.1. The molecule has 0 unspecified atom stereocenters. The Morgan fingerprint density at radius 2 is 2.27 bits per heavy atom. The fourth-order valence-corrected chi connectivity index (χ4v) is 2.32. The minimum atomic E-state index is -0.808. The number of hydrogen-bond acceptors (Lipinski definition) is 3. The molecule has 2 saturated heterocycles. The number of carbonyl (C=O) groups excluding carboxylic acids is 1. The summed E-state index contributed by atoms with van der Waals surface area (Å²) in [6, 6.07) is 0.0541. The van der Waals surface area contributed by atoms with Crippen molar-refractivity contribution < 1.29 is 19.4 Å². The second-order valence-electron chi connectivity index (χ2n) is 4.14. The topological polar surface area (TPSA) is 66.8 Å².